The Balaban J connectivity index is 2.14. The molecule has 0 fully saturated rings. The largest absolute Gasteiger partial charge is 0.417 e. The second kappa shape index (κ2) is 7.36. The lowest BCUT2D eigenvalue weighted by atomic mass is 9.88. The Morgan fingerprint density at radius 3 is 1.90 bits per heavy atom. The number of nitrogens with one attached hydrogen (secondary N) is 1. The molecule has 1 aliphatic heterocycles. The van der Waals surface area contributed by atoms with Gasteiger partial charge in [0, 0.05) is 6.04 Å². The Hall–Kier alpha value is -2.43. The molecule has 1 aliphatic rings. The van der Waals surface area contributed by atoms with Gasteiger partial charge in [-0.25, -0.2) is 0 Å². The van der Waals surface area contributed by atoms with Crippen molar-refractivity contribution in [2.45, 2.75) is 37.4 Å². The number of fused-ring (bicyclic) bond motifs is 1. The topological polar surface area (TPSA) is 31.9 Å². The van der Waals surface area contributed by atoms with Gasteiger partial charge < -0.3 is 5.32 Å². The Morgan fingerprint density at radius 1 is 0.833 bits per heavy atom. The van der Waals surface area contributed by atoms with E-state index in [4.69, 9.17) is 0 Å². The van der Waals surface area contributed by atoms with Gasteiger partial charge >= 0.3 is 18.5 Å². The summed E-state index contributed by atoms with van der Waals surface area (Å²) in [7, 11) is 0. The molecule has 2 nitrogen and oxygen atoms in total. The second-order valence-corrected chi connectivity index (χ2v) is 6.88. The van der Waals surface area contributed by atoms with Crippen LogP contribution in [0.5, 0.6) is 5.75 Å². The zero-order valence-corrected chi connectivity index (χ0v) is 14.9. The van der Waals surface area contributed by atoms with Crippen molar-refractivity contribution in [1.82, 2.24) is 5.32 Å². The minimum atomic E-state index is -5.85. The predicted octanol–water partition coefficient (Wildman–Crippen LogP) is 6.32. The molecule has 0 bridgehead atoms. The van der Waals surface area contributed by atoms with Crippen LogP contribution in [0.1, 0.15) is 39.4 Å². The lowest BCUT2D eigenvalue weighted by molar-refractivity contribution is -0.174. The fourth-order valence-corrected chi connectivity index (χ4v) is 3.62. The van der Waals surface area contributed by atoms with Crippen molar-refractivity contribution >= 4 is 0 Å². The third kappa shape index (κ3) is 4.50. The molecule has 1 heterocycles. The van der Waals surface area contributed by atoms with Crippen LogP contribution in [-0.2, 0) is 36.5 Å². The highest BCUT2D eigenvalue weighted by molar-refractivity contribution is 5.46. The summed E-state index contributed by atoms with van der Waals surface area (Å²) in [4.78, 5) is 0. The van der Waals surface area contributed by atoms with Crippen LogP contribution in [0.3, 0.4) is 0 Å². The second-order valence-electron chi connectivity index (χ2n) is 6.88. The molecule has 1 N–H and O–H groups in total. The zero-order valence-electron chi connectivity index (χ0n) is 14.9. The van der Waals surface area contributed by atoms with E-state index in [-0.39, 0.29) is 17.9 Å². The van der Waals surface area contributed by atoms with E-state index in [1.54, 1.807) is 0 Å². The van der Waals surface area contributed by atoms with Gasteiger partial charge in [-0.1, -0.05) is 6.07 Å². The summed E-state index contributed by atoms with van der Waals surface area (Å²) in [5.74, 6) is -0.303. The Labute approximate surface area is 164 Å². The van der Waals surface area contributed by atoms with Gasteiger partial charge in [-0.15, -0.1) is 0 Å². The number of hydrogen-bond acceptors (Lipinski definition) is 1. The molecule has 30 heavy (non-hydrogen) atoms. The first-order chi connectivity index (χ1) is 13.7. The van der Waals surface area contributed by atoms with Crippen LogP contribution < -0.4 is 5.32 Å². The molecule has 0 saturated carbocycles. The Morgan fingerprint density at radius 2 is 1.40 bits per heavy atom. The summed E-state index contributed by atoms with van der Waals surface area (Å²) >= 11 is 0. The molecule has 0 amide bonds. The third-order valence-corrected chi connectivity index (χ3v) is 4.81. The van der Waals surface area contributed by atoms with E-state index in [0.717, 1.165) is 0 Å². The molecular formula is C19H13F9NO. The molecule has 0 aromatic heterocycles. The molecule has 2 aromatic carbocycles. The van der Waals surface area contributed by atoms with Gasteiger partial charge in [0.15, 0.2) is 5.75 Å². The summed E-state index contributed by atoms with van der Waals surface area (Å²) in [5, 5.41) is 14.4. The first-order valence-electron chi connectivity index (χ1n) is 8.59. The van der Waals surface area contributed by atoms with Crippen LogP contribution in [0.4, 0.5) is 39.5 Å². The van der Waals surface area contributed by atoms with E-state index in [2.05, 4.69) is 5.32 Å². The molecule has 11 heteroatoms. The minimum absolute atomic E-state index is 0.107. The number of halogens is 9. The summed E-state index contributed by atoms with van der Waals surface area (Å²) in [6.07, 6.45) is -17.1. The van der Waals surface area contributed by atoms with E-state index in [9.17, 15) is 44.6 Å². The molecule has 1 atom stereocenters. The van der Waals surface area contributed by atoms with Gasteiger partial charge in [0.05, 0.1) is 16.7 Å². The molecule has 3 rings (SSSR count). The maximum absolute atomic E-state index is 13.3. The molecule has 1 radical (unpaired) electrons. The quantitative estimate of drug-likeness (QED) is 0.543. The van der Waals surface area contributed by atoms with Gasteiger partial charge in [-0.2, -0.15) is 39.5 Å². The molecule has 163 valence electrons. The average molecular weight is 442 g/mol. The number of rotatable bonds is 2. The SMILES string of the molecule is [O]c1ccc2c(c1)CCNC2Cc1cc(C(F)(F)F)c(C(F)(F)F)c(C(F)(F)F)c1. The van der Waals surface area contributed by atoms with Crippen LogP contribution in [0.15, 0.2) is 30.3 Å². The molecule has 0 spiro atoms. The monoisotopic (exact) mass is 442 g/mol. The average Bonchev–Trinajstić information content (AvgIpc) is 2.58. The third-order valence-electron chi connectivity index (χ3n) is 4.81. The van der Waals surface area contributed by atoms with Crippen LogP contribution in [0.25, 0.3) is 0 Å². The van der Waals surface area contributed by atoms with Crippen molar-refractivity contribution in [3.05, 3.63) is 63.7 Å². The molecular weight excluding hydrogens is 429 g/mol. The van der Waals surface area contributed by atoms with Crippen molar-refractivity contribution in [3.8, 4) is 5.75 Å². The Kier molecular flexibility index (Phi) is 5.46. The van der Waals surface area contributed by atoms with Crippen molar-refractivity contribution in [2.75, 3.05) is 6.54 Å². The van der Waals surface area contributed by atoms with Gasteiger partial charge in [0.1, 0.15) is 0 Å². The summed E-state index contributed by atoms with van der Waals surface area (Å²) < 4.78 is 119. The highest BCUT2D eigenvalue weighted by Crippen LogP contribution is 2.47. The van der Waals surface area contributed by atoms with Crippen molar-refractivity contribution < 1.29 is 44.6 Å². The predicted molar refractivity (Wildman–Crippen MR) is 86.2 cm³/mol. The maximum Gasteiger partial charge on any atom is 0.417 e. The number of hydrogen-bond donors (Lipinski definition) is 1. The van der Waals surface area contributed by atoms with Crippen molar-refractivity contribution in [2.24, 2.45) is 0 Å². The fourth-order valence-electron chi connectivity index (χ4n) is 3.62. The first kappa shape index (κ1) is 22.3. The van der Waals surface area contributed by atoms with E-state index in [0.29, 0.717) is 24.1 Å². The first-order valence-corrected chi connectivity index (χ1v) is 8.59. The highest BCUT2D eigenvalue weighted by Gasteiger charge is 2.50. The normalized spacial score (nSPS) is 17.7. The fraction of sp³-hybridized carbons (Fsp3) is 0.368. The molecule has 1 unspecified atom stereocenters. The van der Waals surface area contributed by atoms with Crippen LogP contribution in [0.2, 0.25) is 0 Å². The zero-order chi connectivity index (χ0) is 22.5. The highest BCUT2D eigenvalue weighted by atomic mass is 19.4. The van der Waals surface area contributed by atoms with Gasteiger partial charge in [0.25, 0.3) is 0 Å². The number of benzene rings is 2. The van der Waals surface area contributed by atoms with Crippen LogP contribution in [0, 0.1) is 0 Å². The summed E-state index contributed by atoms with van der Waals surface area (Å²) in [6, 6.07) is 3.39. The lowest BCUT2D eigenvalue weighted by Crippen LogP contribution is -2.31. The van der Waals surface area contributed by atoms with Crippen molar-refractivity contribution in [3.63, 3.8) is 0 Å². The molecule has 0 saturated heterocycles. The molecule has 2 aromatic rings. The summed E-state index contributed by atoms with van der Waals surface area (Å²) in [6.45, 7) is 0.306. The van der Waals surface area contributed by atoms with Gasteiger partial charge in [0.2, 0.25) is 0 Å². The van der Waals surface area contributed by atoms with Crippen molar-refractivity contribution in [1.29, 1.82) is 0 Å². The maximum atomic E-state index is 13.3. The number of alkyl halides is 9. The van der Waals surface area contributed by atoms with E-state index < -0.39 is 53.2 Å². The summed E-state index contributed by atoms with van der Waals surface area (Å²) in [5.41, 5.74) is -6.98. The van der Waals surface area contributed by atoms with Crippen LogP contribution >= 0.6 is 0 Å². The van der Waals surface area contributed by atoms with Crippen LogP contribution in [-0.4, -0.2) is 6.54 Å². The van der Waals surface area contributed by atoms with E-state index >= 15 is 0 Å². The van der Waals surface area contributed by atoms with E-state index in [1.807, 2.05) is 0 Å². The molecule has 0 aliphatic carbocycles. The van der Waals surface area contributed by atoms with Gasteiger partial charge in [-0.3, -0.25) is 5.11 Å². The standard InChI is InChI=1S/C19H13F9NO/c20-17(21,22)13-5-9(6-14(18(23,24)25)16(13)19(26,27)28)7-15-12-2-1-11(30)8-10(12)3-4-29-15/h1-2,5-6,8,15,29H,3-4,7H2. The smallest absolute Gasteiger partial charge is 0.309 e. The van der Waals surface area contributed by atoms with Gasteiger partial charge in [-0.05, 0) is 60.3 Å². The Bertz CT molecular complexity index is 909. The lowest BCUT2D eigenvalue weighted by Gasteiger charge is -2.28. The van der Waals surface area contributed by atoms with E-state index in [1.165, 1.54) is 18.2 Å². The minimum Gasteiger partial charge on any atom is -0.309 e.